The topological polar surface area (TPSA) is 115 Å². The second-order valence-electron chi connectivity index (χ2n) is 11.7. The van der Waals surface area contributed by atoms with Crippen molar-refractivity contribution in [3.8, 4) is 0 Å². The molecule has 11 heteroatoms. The molecular formula is C31H39N9O2. The molecule has 1 aromatic carbocycles. The second kappa shape index (κ2) is 11.2. The highest BCUT2D eigenvalue weighted by molar-refractivity contribution is 5.94. The van der Waals surface area contributed by atoms with Gasteiger partial charge in [-0.15, -0.1) is 0 Å². The molecule has 0 radical (unpaired) electrons. The standard InChI is InChI=1S/C31H39N9O2/c1-5-27(41)39-17-21(3)40(18-20(39)2)30-24-10-11-38(29-23-9-7-6-8-22(23)16-26(32)34-29)19-25(24)33-28(35-30)31(42)37-14-12-36(4)13-15-37/h5-9,16,20-21H,1,10-15,17-19H2,2-4H3,(H2,32,34)/t20-,21+/m1/s1. The van der Waals surface area contributed by atoms with Gasteiger partial charge in [0.2, 0.25) is 11.7 Å². The van der Waals surface area contributed by atoms with E-state index < -0.39 is 0 Å². The number of piperazine rings is 2. The van der Waals surface area contributed by atoms with Gasteiger partial charge in [-0.05, 0) is 44.8 Å². The number of nitrogen functional groups attached to an aromatic ring is 1. The van der Waals surface area contributed by atoms with Crippen LogP contribution < -0.4 is 15.5 Å². The van der Waals surface area contributed by atoms with E-state index >= 15 is 0 Å². The lowest BCUT2D eigenvalue weighted by Gasteiger charge is -2.45. The third-order valence-electron chi connectivity index (χ3n) is 8.78. The Morgan fingerprint density at radius 1 is 0.976 bits per heavy atom. The van der Waals surface area contributed by atoms with Crippen LogP contribution in [0.5, 0.6) is 0 Å². The zero-order valence-corrected chi connectivity index (χ0v) is 24.7. The SMILES string of the molecule is C=CC(=O)N1C[C@H](C)N(c2nc(C(=O)N3CCN(C)CC3)nc3c2CCN(c2nc(N)cc4ccccc24)C3)C[C@H]1C. The third-order valence-corrected chi connectivity index (χ3v) is 8.78. The largest absolute Gasteiger partial charge is 0.384 e. The summed E-state index contributed by atoms with van der Waals surface area (Å²) in [5.74, 6) is 2.11. The molecule has 2 aromatic heterocycles. The Hall–Kier alpha value is -4.25. The van der Waals surface area contributed by atoms with Gasteiger partial charge >= 0.3 is 0 Å². The Kier molecular flexibility index (Phi) is 7.44. The number of likely N-dealkylation sites (N-methyl/N-ethyl adjacent to an activating group) is 1. The van der Waals surface area contributed by atoms with Crippen LogP contribution in [0.4, 0.5) is 17.5 Å². The molecule has 2 atom stereocenters. The highest BCUT2D eigenvalue weighted by Crippen LogP contribution is 2.34. The lowest BCUT2D eigenvalue weighted by molar-refractivity contribution is -0.128. The number of aromatic nitrogens is 3. The summed E-state index contributed by atoms with van der Waals surface area (Å²) in [7, 11) is 2.07. The molecular weight excluding hydrogens is 530 g/mol. The molecule has 3 aliphatic rings. The van der Waals surface area contributed by atoms with E-state index in [0.29, 0.717) is 51.5 Å². The van der Waals surface area contributed by atoms with Gasteiger partial charge in [-0.3, -0.25) is 9.59 Å². The summed E-state index contributed by atoms with van der Waals surface area (Å²) in [6.45, 7) is 13.1. The molecule has 6 rings (SSSR count). The number of hydrogen-bond donors (Lipinski definition) is 1. The minimum atomic E-state index is -0.141. The summed E-state index contributed by atoms with van der Waals surface area (Å²) in [6.07, 6.45) is 2.08. The first-order valence-electron chi connectivity index (χ1n) is 14.7. The molecule has 0 unspecified atom stereocenters. The number of hydrogen-bond acceptors (Lipinski definition) is 9. The van der Waals surface area contributed by atoms with Crippen LogP contribution in [0.1, 0.15) is 35.7 Å². The number of pyridine rings is 1. The average Bonchev–Trinajstić information content (AvgIpc) is 3.00. The van der Waals surface area contributed by atoms with Gasteiger partial charge in [-0.25, -0.2) is 15.0 Å². The zero-order chi connectivity index (χ0) is 29.5. The van der Waals surface area contributed by atoms with Crippen LogP contribution in [0.15, 0.2) is 43.0 Å². The van der Waals surface area contributed by atoms with E-state index in [0.717, 1.165) is 46.8 Å². The molecule has 5 heterocycles. The van der Waals surface area contributed by atoms with Crippen molar-refractivity contribution in [1.29, 1.82) is 0 Å². The average molecular weight is 570 g/mol. The van der Waals surface area contributed by atoms with Gasteiger partial charge < -0.3 is 30.2 Å². The summed E-state index contributed by atoms with van der Waals surface area (Å²) in [5, 5.41) is 2.07. The van der Waals surface area contributed by atoms with Crippen LogP contribution >= 0.6 is 0 Å². The summed E-state index contributed by atoms with van der Waals surface area (Å²) in [6, 6.07) is 9.98. The Morgan fingerprint density at radius 3 is 2.50 bits per heavy atom. The van der Waals surface area contributed by atoms with E-state index in [1.807, 2.05) is 41.0 Å². The lowest BCUT2D eigenvalue weighted by Crippen LogP contribution is -2.58. The van der Waals surface area contributed by atoms with Crippen LogP contribution in [-0.4, -0.2) is 106 Å². The molecule has 2 N–H and O–H groups in total. The molecule has 0 bridgehead atoms. The highest BCUT2D eigenvalue weighted by Gasteiger charge is 2.36. The second-order valence-corrected chi connectivity index (χ2v) is 11.7. The smallest absolute Gasteiger partial charge is 0.291 e. The number of carbonyl (C=O) groups is 2. The first-order chi connectivity index (χ1) is 20.2. The fourth-order valence-electron chi connectivity index (χ4n) is 6.36. The predicted octanol–water partition coefficient (Wildman–Crippen LogP) is 2.17. The van der Waals surface area contributed by atoms with Crippen LogP contribution in [0.25, 0.3) is 10.8 Å². The van der Waals surface area contributed by atoms with E-state index in [4.69, 9.17) is 20.7 Å². The van der Waals surface area contributed by atoms with E-state index in [1.165, 1.54) is 6.08 Å². The monoisotopic (exact) mass is 569 g/mol. The van der Waals surface area contributed by atoms with Crippen molar-refractivity contribution in [2.24, 2.45) is 0 Å². The molecule has 0 aliphatic carbocycles. The van der Waals surface area contributed by atoms with Crippen LogP contribution in [-0.2, 0) is 17.8 Å². The fraction of sp³-hybridized carbons (Fsp3) is 0.452. The van der Waals surface area contributed by atoms with Crippen LogP contribution in [0.3, 0.4) is 0 Å². The molecule has 3 aromatic rings. The van der Waals surface area contributed by atoms with Crippen LogP contribution in [0, 0.1) is 0 Å². The van der Waals surface area contributed by atoms with Crippen molar-refractivity contribution in [1.82, 2.24) is 29.7 Å². The van der Waals surface area contributed by atoms with E-state index in [2.05, 4.69) is 41.3 Å². The van der Waals surface area contributed by atoms with Crippen molar-refractivity contribution in [2.45, 2.75) is 38.9 Å². The van der Waals surface area contributed by atoms with Gasteiger partial charge in [0.05, 0.1) is 12.2 Å². The summed E-state index contributed by atoms with van der Waals surface area (Å²) in [5.41, 5.74) is 8.10. The zero-order valence-electron chi connectivity index (χ0n) is 24.7. The highest BCUT2D eigenvalue weighted by atomic mass is 16.2. The molecule has 42 heavy (non-hydrogen) atoms. The molecule has 3 aliphatic heterocycles. The number of anilines is 3. The van der Waals surface area contributed by atoms with Crippen molar-refractivity contribution in [2.75, 3.05) is 68.4 Å². The summed E-state index contributed by atoms with van der Waals surface area (Å²) < 4.78 is 0. The van der Waals surface area contributed by atoms with Crippen molar-refractivity contribution >= 4 is 40.0 Å². The summed E-state index contributed by atoms with van der Waals surface area (Å²) in [4.78, 5) is 51.3. The molecule has 2 fully saturated rings. The maximum absolute atomic E-state index is 13.8. The number of rotatable bonds is 4. The van der Waals surface area contributed by atoms with Gasteiger partial charge in [0.25, 0.3) is 5.91 Å². The minimum absolute atomic E-state index is 0.00764. The van der Waals surface area contributed by atoms with Crippen molar-refractivity contribution in [3.63, 3.8) is 0 Å². The molecule has 2 amide bonds. The fourth-order valence-corrected chi connectivity index (χ4v) is 6.36. The number of nitrogens with zero attached hydrogens (tertiary/aromatic N) is 8. The first-order valence-corrected chi connectivity index (χ1v) is 14.7. The van der Waals surface area contributed by atoms with E-state index in [1.54, 1.807) is 0 Å². The number of amides is 2. The normalized spacial score (nSPS) is 21.4. The van der Waals surface area contributed by atoms with Gasteiger partial charge in [0.15, 0.2) is 0 Å². The molecule has 2 saturated heterocycles. The molecule has 220 valence electrons. The summed E-state index contributed by atoms with van der Waals surface area (Å²) >= 11 is 0. The Morgan fingerprint density at radius 2 is 1.74 bits per heavy atom. The number of carbonyl (C=O) groups excluding carboxylic acids is 2. The molecule has 11 nitrogen and oxygen atoms in total. The molecule has 0 spiro atoms. The maximum atomic E-state index is 13.8. The number of nitrogens with two attached hydrogens (primary N) is 1. The number of fused-ring (bicyclic) bond motifs is 2. The van der Waals surface area contributed by atoms with Crippen LogP contribution in [0.2, 0.25) is 0 Å². The minimum Gasteiger partial charge on any atom is -0.384 e. The Labute approximate surface area is 246 Å². The van der Waals surface area contributed by atoms with Gasteiger partial charge in [0.1, 0.15) is 17.5 Å². The molecule has 0 saturated carbocycles. The Bertz CT molecular complexity index is 1530. The van der Waals surface area contributed by atoms with Gasteiger partial charge in [-0.1, -0.05) is 30.8 Å². The van der Waals surface area contributed by atoms with E-state index in [-0.39, 0.29) is 29.7 Å². The Balaban J connectivity index is 1.39. The van der Waals surface area contributed by atoms with E-state index in [9.17, 15) is 9.59 Å². The van der Waals surface area contributed by atoms with Crippen molar-refractivity contribution in [3.05, 3.63) is 60.1 Å². The third kappa shape index (κ3) is 5.13. The van der Waals surface area contributed by atoms with Gasteiger partial charge in [0, 0.05) is 68.8 Å². The quantitative estimate of drug-likeness (QED) is 0.472. The van der Waals surface area contributed by atoms with Crippen molar-refractivity contribution < 1.29 is 9.59 Å². The van der Waals surface area contributed by atoms with Gasteiger partial charge in [-0.2, -0.15) is 0 Å². The predicted molar refractivity (Wildman–Crippen MR) is 165 cm³/mol. The lowest BCUT2D eigenvalue weighted by atomic mass is 10.0. The first kappa shape index (κ1) is 27.9. The number of benzene rings is 1. The maximum Gasteiger partial charge on any atom is 0.291 e.